The molecule has 0 aliphatic carbocycles. The lowest BCUT2D eigenvalue weighted by atomic mass is 10.1. The summed E-state index contributed by atoms with van der Waals surface area (Å²) in [4.78, 5) is 11.5. The van der Waals surface area contributed by atoms with Crippen molar-refractivity contribution in [3.05, 3.63) is 35.6 Å². The van der Waals surface area contributed by atoms with Crippen LogP contribution in [0.4, 0.5) is 4.39 Å². The van der Waals surface area contributed by atoms with Crippen molar-refractivity contribution in [2.75, 3.05) is 0 Å². The van der Waals surface area contributed by atoms with Crippen LogP contribution in [0, 0.1) is 17.3 Å². The number of hydrogen-bond acceptors (Lipinski definition) is 1. The Morgan fingerprint density at radius 2 is 1.81 bits per heavy atom. The van der Waals surface area contributed by atoms with Crippen LogP contribution in [0.5, 0.6) is 0 Å². The van der Waals surface area contributed by atoms with Crippen molar-refractivity contribution in [1.29, 1.82) is 0 Å². The maximum Gasteiger partial charge on any atom is 0.209 e. The molecule has 1 aromatic rings. The van der Waals surface area contributed by atoms with Gasteiger partial charge in [0.15, 0.2) is 0 Å². The van der Waals surface area contributed by atoms with Crippen LogP contribution in [0.3, 0.4) is 0 Å². The van der Waals surface area contributed by atoms with E-state index in [2.05, 4.69) is 31.1 Å². The first-order valence-electron chi connectivity index (χ1n) is 5.17. The van der Waals surface area contributed by atoms with Gasteiger partial charge in [0.25, 0.3) is 0 Å². The average molecular weight is 234 g/mol. The van der Waals surface area contributed by atoms with Gasteiger partial charge in [0.1, 0.15) is 13.9 Å². The molecule has 1 rings (SSSR count). The summed E-state index contributed by atoms with van der Waals surface area (Å²) in [5.41, 5.74) is 3.82. The van der Waals surface area contributed by atoms with Crippen LogP contribution in [0.25, 0.3) is 0 Å². The third kappa shape index (κ3) is 4.90. The van der Waals surface area contributed by atoms with E-state index in [0.29, 0.717) is 0 Å². The minimum absolute atomic E-state index is 0.103. The summed E-state index contributed by atoms with van der Waals surface area (Å²) >= 11 is 0. The van der Waals surface area contributed by atoms with Gasteiger partial charge < -0.3 is 0 Å². The monoisotopic (exact) mass is 234 g/mol. The molecule has 0 saturated carbocycles. The number of ketones is 1. The molecule has 0 N–H and O–H groups in total. The van der Waals surface area contributed by atoms with Gasteiger partial charge in [-0.3, -0.25) is 4.79 Å². The van der Waals surface area contributed by atoms with Gasteiger partial charge >= 0.3 is 0 Å². The molecule has 0 amide bonds. The molecule has 0 saturated heterocycles. The van der Waals surface area contributed by atoms with Crippen LogP contribution in [-0.4, -0.2) is 13.9 Å². The predicted molar refractivity (Wildman–Crippen MR) is 66.2 cm³/mol. The molecule has 0 aromatic heterocycles. The first kappa shape index (κ1) is 12.7. The smallest absolute Gasteiger partial charge is 0.209 e. The molecule has 84 valence electrons. The Morgan fingerprint density at radius 1 is 1.25 bits per heavy atom. The molecule has 0 spiro atoms. The van der Waals surface area contributed by atoms with Crippen molar-refractivity contribution in [1.82, 2.24) is 0 Å². The molecule has 1 aromatic carbocycles. The Kier molecular flexibility index (Phi) is 4.03. The fraction of sp³-hybridized carbons (Fsp3) is 0.308. The van der Waals surface area contributed by atoms with E-state index in [1.165, 1.54) is 12.1 Å². The van der Waals surface area contributed by atoms with Gasteiger partial charge in [-0.15, -0.1) is 5.54 Å². The number of hydrogen-bond donors (Lipinski definition) is 0. The van der Waals surface area contributed by atoms with Crippen molar-refractivity contribution in [2.45, 2.75) is 26.1 Å². The Balaban J connectivity index is 2.64. The fourth-order valence-corrected chi connectivity index (χ4v) is 1.60. The highest BCUT2D eigenvalue weighted by Gasteiger charge is 2.08. The number of carbonyl (C=O) groups is 1. The van der Waals surface area contributed by atoms with E-state index in [1.807, 2.05) is 0 Å². The zero-order valence-electron chi connectivity index (χ0n) is 9.80. The summed E-state index contributed by atoms with van der Waals surface area (Å²) in [6, 6.07) is 5.94. The summed E-state index contributed by atoms with van der Waals surface area (Å²) in [5, 5.41) is 0. The van der Waals surface area contributed by atoms with E-state index in [4.69, 9.17) is 0 Å². The molecule has 0 fully saturated rings. The molecule has 0 aliphatic rings. The van der Waals surface area contributed by atoms with Gasteiger partial charge in [-0.1, -0.05) is 31.8 Å². The summed E-state index contributed by atoms with van der Waals surface area (Å²) in [6.07, 6.45) is 0.262. The maximum absolute atomic E-state index is 12.6. The van der Waals surface area contributed by atoms with E-state index in [1.54, 1.807) is 12.1 Å². The predicted octanol–water partition coefficient (Wildman–Crippen LogP) is 2.82. The number of carbonyl (C=O) groups excluding carboxylic acids is 1. The molecular weight excluding hydrogens is 219 g/mol. The van der Waals surface area contributed by atoms with Gasteiger partial charge in [-0.25, -0.2) is 4.39 Å². The number of Topliss-reactive ketones (excluding diaryl/α,β-unsaturated/α-hetero) is 1. The van der Waals surface area contributed by atoms with E-state index < -0.39 is 8.07 Å². The molecule has 0 heterocycles. The van der Waals surface area contributed by atoms with Gasteiger partial charge in [0, 0.05) is 6.42 Å². The van der Waals surface area contributed by atoms with Crippen LogP contribution < -0.4 is 0 Å². The highest BCUT2D eigenvalue weighted by Crippen LogP contribution is 2.04. The molecular formula is C13H15FOSi. The summed E-state index contributed by atoms with van der Waals surface area (Å²) < 4.78 is 12.6. The SMILES string of the molecule is C[Si](C)(C)C#CC(=O)Cc1ccc(F)cc1. The van der Waals surface area contributed by atoms with Crippen LogP contribution in [-0.2, 0) is 11.2 Å². The second kappa shape index (κ2) is 5.09. The third-order valence-corrected chi connectivity index (χ3v) is 2.73. The molecule has 0 unspecified atom stereocenters. The quantitative estimate of drug-likeness (QED) is 0.568. The van der Waals surface area contributed by atoms with Crippen molar-refractivity contribution >= 4 is 13.9 Å². The molecule has 16 heavy (non-hydrogen) atoms. The minimum atomic E-state index is -1.49. The first-order chi connectivity index (χ1) is 7.37. The Bertz CT molecular complexity index is 432. The second-order valence-corrected chi connectivity index (χ2v) is 9.48. The summed E-state index contributed by atoms with van der Waals surface area (Å²) in [5.74, 6) is 2.27. The molecule has 0 aliphatic heterocycles. The molecule has 0 radical (unpaired) electrons. The van der Waals surface area contributed by atoms with Crippen LogP contribution in [0.2, 0.25) is 19.6 Å². The van der Waals surface area contributed by atoms with Gasteiger partial charge in [-0.05, 0) is 23.6 Å². The van der Waals surface area contributed by atoms with Crippen LogP contribution in [0.1, 0.15) is 5.56 Å². The lowest BCUT2D eigenvalue weighted by Crippen LogP contribution is -2.17. The molecule has 0 atom stereocenters. The van der Waals surface area contributed by atoms with E-state index in [-0.39, 0.29) is 18.0 Å². The summed E-state index contributed by atoms with van der Waals surface area (Å²) in [7, 11) is -1.49. The van der Waals surface area contributed by atoms with Crippen molar-refractivity contribution < 1.29 is 9.18 Å². The zero-order valence-corrected chi connectivity index (χ0v) is 10.8. The van der Waals surface area contributed by atoms with E-state index in [9.17, 15) is 9.18 Å². The third-order valence-electron chi connectivity index (χ3n) is 1.85. The minimum Gasteiger partial charge on any atom is -0.285 e. The zero-order chi connectivity index (χ0) is 12.2. The van der Waals surface area contributed by atoms with Gasteiger partial charge in [-0.2, -0.15) is 0 Å². The lowest BCUT2D eigenvalue weighted by molar-refractivity contribution is -0.113. The standard InChI is InChI=1S/C13H15FOSi/c1-16(2,3)9-8-13(15)10-11-4-6-12(14)7-5-11/h4-7H,10H2,1-3H3. The Morgan fingerprint density at radius 3 is 2.31 bits per heavy atom. The van der Waals surface area contributed by atoms with Crippen molar-refractivity contribution in [2.24, 2.45) is 0 Å². The molecule has 3 heteroatoms. The lowest BCUT2D eigenvalue weighted by Gasteiger charge is -2.03. The largest absolute Gasteiger partial charge is 0.285 e. The summed E-state index contributed by atoms with van der Waals surface area (Å²) in [6.45, 7) is 6.27. The Hall–Kier alpha value is -1.40. The first-order valence-corrected chi connectivity index (χ1v) is 8.67. The van der Waals surface area contributed by atoms with E-state index >= 15 is 0 Å². The highest BCUT2D eigenvalue weighted by molar-refractivity contribution is 6.84. The Labute approximate surface area is 96.7 Å². The normalized spacial score (nSPS) is 10.5. The second-order valence-electron chi connectivity index (χ2n) is 4.73. The fourth-order valence-electron chi connectivity index (χ4n) is 1.09. The van der Waals surface area contributed by atoms with Gasteiger partial charge in [0.2, 0.25) is 5.78 Å². The molecule has 0 bridgehead atoms. The van der Waals surface area contributed by atoms with Crippen molar-refractivity contribution in [3.63, 3.8) is 0 Å². The highest BCUT2D eigenvalue weighted by atomic mass is 28.3. The number of rotatable bonds is 2. The van der Waals surface area contributed by atoms with Crippen LogP contribution >= 0.6 is 0 Å². The molecule has 1 nitrogen and oxygen atoms in total. The number of benzene rings is 1. The van der Waals surface area contributed by atoms with Crippen LogP contribution in [0.15, 0.2) is 24.3 Å². The maximum atomic E-state index is 12.6. The average Bonchev–Trinajstić information content (AvgIpc) is 2.18. The van der Waals surface area contributed by atoms with Crippen molar-refractivity contribution in [3.8, 4) is 11.5 Å². The van der Waals surface area contributed by atoms with Gasteiger partial charge in [0.05, 0.1) is 0 Å². The number of halogens is 1. The topological polar surface area (TPSA) is 17.1 Å². The van der Waals surface area contributed by atoms with E-state index in [0.717, 1.165) is 5.56 Å².